The Balaban J connectivity index is 3.20. The van der Waals surface area contributed by atoms with E-state index < -0.39 is 5.97 Å². The van der Waals surface area contributed by atoms with Gasteiger partial charge in [0.2, 0.25) is 0 Å². The maximum atomic E-state index is 10.9. The van der Waals surface area contributed by atoms with Crippen molar-refractivity contribution in [2.75, 3.05) is 0 Å². The second kappa shape index (κ2) is 4.74. The summed E-state index contributed by atoms with van der Waals surface area (Å²) in [5, 5.41) is 8.97. The van der Waals surface area contributed by atoms with Crippen molar-refractivity contribution < 1.29 is 9.90 Å². The zero-order valence-corrected chi connectivity index (χ0v) is 8.58. The highest BCUT2D eigenvalue weighted by Gasteiger charge is 2.12. The Labute approximate surface area is 83.8 Å². The van der Waals surface area contributed by atoms with E-state index in [1.54, 1.807) is 6.20 Å². The molecule has 0 radical (unpaired) electrons. The van der Waals surface area contributed by atoms with Gasteiger partial charge in [-0.3, -0.25) is 4.98 Å². The third-order valence-electron chi connectivity index (χ3n) is 2.26. The first kappa shape index (κ1) is 10.7. The molecule has 0 amide bonds. The summed E-state index contributed by atoms with van der Waals surface area (Å²) in [5.41, 5.74) is 2.34. The molecule has 0 saturated heterocycles. The van der Waals surface area contributed by atoms with Crippen molar-refractivity contribution in [2.45, 2.75) is 33.1 Å². The van der Waals surface area contributed by atoms with Crippen molar-refractivity contribution in [3.05, 3.63) is 29.1 Å². The van der Waals surface area contributed by atoms with Gasteiger partial charge < -0.3 is 5.11 Å². The molecule has 0 aliphatic rings. The highest BCUT2D eigenvalue weighted by Crippen LogP contribution is 2.16. The van der Waals surface area contributed by atoms with E-state index >= 15 is 0 Å². The Morgan fingerprint density at radius 1 is 1.43 bits per heavy atom. The Kier molecular flexibility index (Phi) is 3.63. The van der Waals surface area contributed by atoms with E-state index in [1.807, 2.05) is 13.8 Å². The normalized spacial score (nSPS) is 10.1. The topological polar surface area (TPSA) is 50.2 Å². The summed E-state index contributed by atoms with van der Waals surface area (Å²) in [5.74, 6) is -0.878. The van der Waals surface area contributed by atoms with Crippen LogP contribution in [0.4, 0.5) is 0 Å². The summed E-state index contributed by atoms with van der Waals surface area (Å²) in [4.78, 5) is 14.9. The van der Waals surface area contributed by atoms with E-state index in [4.69, 9.17) is 5.11 Å². The van der Waals surface area contributed by atoms with Crippen molar-refractivity contribution >= 4 is 5.97 Å². The average molecular weight is 193 g/mol. The van der Waals surface area contributed by atoms with Crippen LogP contribution in [0.5, 0.6) is 0 Å². The van der Waals surface area contributed by atoms with Gasteiger partial charge in [-0.1, -0.05) is 20.3 Å². The SMILES string of the molecule is CCCc1c(CC)cncc1C(=O)O. The standard InChI is InChI=1S/C11H15NO2/c1-3-5-9-8(4-2)6-12-7-10(9)11(13)14/h6-7H,3-5H2,1-2H3,(H,13,14). The van der Waals surface area contributed by atoms with Gasteiger partial charge in [-0.2, -0.15) is 0 Å². The van der Waals surface area contributed by atoms with Gasteiger partial charge in [-0.15, -0.1) is 0 Å². The maximum absolute atomic E-state index is 10.9. The minimum absolute atomic E-state index is 0.353. The zero-order valence-electron chi connectivity index (χ0n) is 8.58. The molecule has 0 spiro atoms. The van der Waals surface area contributed by atoms with E-state index in [1.165, 1.54) is 6.20 Å². The molecule has 3 heteroatoms. The molecular formula is C11H15NO2. The molecule has 14 heavy (non-hydrogen) atoms. The van der Waals surface area contributed by atoms with Crippen LogP contribution in [0.3, 0.4) is 0 Å². The molecule has 1 N–H and O–H groups in total. The number of rotatable bonds is 4. The third kappa shape index (κ3) is 2.10. The number of hydrogen-bond donors (Lipinski definition) is 1. The number of aromatic carboxylic acids is 1. The van der Waals surface area contributed by atoms with Gasteiger partial charge in [-0.05, 0) is 24.0 Å². The van der Waals surface area contributed by atoms with Gasteiger partial charge in [-0.25, -0.2) is 4.79 Å². The zero-order chi connectivity index (χ0) is 10.6. The van der Waals surface area contributed by atoms with E-state index in [2.05, 4.69) is 4.98 Å². The predicted molar refractivity (Wildman–Crippen MR) is 54.6 cm³/mol. The summed E-state index contributed by atoms with van der Waals surface area (Å²) < 4.78 is 0. The molecule has 1 rings (SSSR count). The van der Waals surface area contributed by atoms with Gasteiger partial charge in [0.25, 0.3) is 0 Å². The first-order chi connectivity index (χ1) is 6.70. The lowest BCUT2D eigenvalue weighted by Gasteiger charge is -2.09. The van der Waals surface area contributed by atoms with Crippen molar-refractivity contribution in [1.29, 1.82) is 0 Å². The minimum Gasteiger partial charge on any atom is -0.478 e. The molecule has 0 bridgehead atoms. The largest absolute Gasteiger partial charge is 0.478 e. The van der Waals surface area contributed by atoms with E-state index in [0.29, 0.717) is 5.56 Å². The second-order valence-corrected chi connectivity index (χ2v) is 3.23. The van der Waals surface area contributed by atoms with Crippen LogP contribution in [0, 0.1) is 0 Å². The molecule has 0 aromatic carbocycles. The molecule has 0 fully saturated rings. The molecule has 76 valence electrons. The van der Waals surface area contributed by atoms with Crippen LogP contribution in [0.25, 0.3) is 0 Å². The van der Waals surface area contributed by atoms with E-state index in [-0.39, 0.29) is 0 Å². The minimum atomic E-state index is -0.878. The molecule has 0 atom stereocenters. The highest BCUT2D eigenvalue weighted by atomic mass is 16.4. The number of carboxylic acid groups (broad SMARTS) is 1. The van der Waals surface area contributed by atoms with Crippen LogP contribution in [0.1, 0.15) is 41.8 Å². The molecule has 0 unspecified atom stereocenters. The van der Waals surface area contributed by atoms with Crippen LogP contribution in [-0.2, 0) is 12.8 Å². The van der Waals surface area contributed by atoms with Gasteiger partial charge >= 0.3 is 5.97 Å². The maximum Gasteiger partial charge on any atom is 0.337 e. The van der Waals surface area contributed by atoms with Crippen LogP contribution in [0.2, 0.25) is 0 Å². The smallest absolute Gasteiger partial charge is 0.337 e. The first-order valence-electron chi connectivity index (χ1n) is 4.89. The van der Waals surface area contributed by atoms with Crippen LogP contribution < -0.4 is 0 Å². The number of hydrogen-bond acceptors (Lipinski definition) is 2. The fraction of sp³-hybridized carbons (Fsp3) is 0.455. The highest BCUT2D eigenvalue weighted by molar-refractivity contribution is 5.89. The lowest BCUT2D eigenvalue weighted by molar-refractivity contribution is 0.0695. The predicted octanol–water partition coefficient (Wildman–Crippen LogP) is 2.29. The summed E-state index contributed by atoms with van der Waals surface area (Å²) >= 11 is 0. The molecule has 3 nitrogen and oxygen atoms in total. The monoisotopic (exact) mass is 193 g/mol. The van der Waals surface area contributed by atoms with Crippen molar-refractivity contribution in [1.82, 2.24) is 4.98 Å². The van der Waals surface area contributed by atoms with Crippen molar-refractivity contribution in [2.24, 2.45) is 0 Å². The number of aryl methyl sites for hydroxylation is 1. The van der Waals surface area contributed by atoms with Gasteiger partial charge in [0.1, 0.15) is 0 Å². The van der Waals surface area contributed by atoms with E-state index in [0.717, 1.165) is 30.4 Å². The van der Waals surface area contributed by atoms with Gasteiger partial charge in [0, 0.05) is 12.4 Å². The summed E-state index contributed by atoms with van der Waals surface area (Å²) in [6, 6.07) is 0. The van der Waals surface area contributed by atoms with Crippen LogP contribution >= 0.6 is 0 Å². The van der Waals surface area contributed by atoms with Gasteiger partial charge in [0.15, 0.2) is 0 Å². The lowest BCUT2D eigenvalue weighted by atomic mass is 9.98. The Morgan fingerprint density at radius 2 is 2.14 bits per heavy atom. The molecule has 1 heterocycles. The average Bonchev–Trinajstić information content (AvgIpc) is 2.18. The van der Waals surface area contributed by atoms with E-state index in [9.17, 15) is 4.79 Å². The Hall–Kier alpha value is -1.38. The first-order valence-corrected chi connectivity index (χ1v) is 4.89. The Bertz CT molecular complexity index is 334. The number of aromatic nitrogens is 1. The lowest BCUT2D eigenvalue weighted by Crippen LogP contribution is -2.06. The quantitative estimate of drug-likeness (QED) is 0.798. The molecule has 0 aliphatic carbocycles. The molecule has 0 aliphatic heterocycles. The fourth-order valence-electron chi connectivity index (χ4n) is 1.56. The van der Waals surface area contributed by atoms with Crippen LogP contribution in [0.15, 0.2) is 12.4 Å². The molecule has 1 aromatic rings. The fourth-order valence-corrected chi connectivity index (χ4v) is 1.56. The summed E-state index contributed by atoms with van der Waals surface area (Å²) in [6.07, 6.45) is 5.80. The third-order valence-corrected chi connectivity index (χ3v) is 2.26. The number of carboxylic acids is 1. The number of nitrogens with zero attached hydrogens (tertiary/aromatic N) is 1. The van der Waals surface area contributed by atoms with Crippen molar-refractivity contribution in [3.63, 3.8) is 0 Å². The molecule has 0 saturated carbocycles. The summed E-state index contributed by atoms with van der Waals surface area (Å²) in [7, 11) is 0. The molecular weight excluding hydrogens is 178 g/mol. The van der Waals surface area contributed by atoms with Crippen molar-refractivity contribution in [3.8, 4) is 0 Å². The Morgan fingerprint density at radius 3 is 2.64 bits per heavy atom. The number of carbonyl (C=O) groups is 1. The second-order valence-electron chi connectivity index (χ2n) is 3.23. The van der Waals surface area contributed by atoms with Gasteiger partial charge in [0.05, 0.1) is 5.56 Å². The summed E-state index contributed by atoms with van der Waals surface area (Å²) in [6.45, 7) is 4.06. The number of pyridine rings is 1. The van der Waals surface area contributed by atoms with Crippen LogP contribution in [-0.4, -0.2) is 16.1 Å². The molecule has 1 aromatic heterocycles.